The van der Waals surface area contributed by atoms with E-state index in [0.717, 1.165) is 44.3 Å². The monoisotopic (exact) mass is 590 g/mol. The van der Waals surface area contributed by atoms with Gasteiger partial charge in [-0.15, -0.1) is 0 Å². The fourth-order valence-corrected chi connectivity index (χ4v) is 5.90. The van der Waals surface area contributed by atoms with Crippen molar-refractivity contribution in [2.24, 2.45) is 0 Å². The normalized spacial score (nSPS) is 11.9. The maximum Gasteiger partial charge on any atom is 0.164 e. The third-order valence-electron chi connectivity index (χ3n) is 8.24. The number of aromatic nitrogens is 3. The quantitative estimate of drug-likeness (QED) is 0.143. The Balaban J connectivity index is 1.35. The van der Waals surface area contributed by atoms with E-state index >= 15 is 0 Å². The summed E-state index contributed by atoms with van der Waals surface area (Å²) < 4.78 is 0. The third-order valence-corrected chi connectivity index (χ3v) is 8.24. The van der Waals surface area contributed by atoms with E-state index in [2.05, 4.69) is 79.7 Å². The molecule has 7 rings (SSSR count). The van der Waals surface area contributed by atoms with Crippen LogP contribution >= 0.6 is 0 Å². The van der Waals surface area contributed by atoms with Gasteiger partial charge in [-0.3, -0.25) is 0 Å². The standard InChI is InChI=1S/C42H30N4/c1-3-30(40-44-41(31-14-6-4-7-15-31)46-42(45-40)32-16-8-5-9-17-32)22-28(2)34-23-29(27-43)24-35(25-34)39-26-33-18-10-11-19-36(33)37-20-12-13-21-38(37)39/h3-26H,1-2H3/b28-22+,30-3+. The van der Waals surface area contributed by atoms with Gasteiger partial charge in [-0.25, -0.2) is 15.0 Å². The summed E-state index contributed by atoms with van der Waals surface area (Å²) in [6.07, 6.45) is 4.12. The molecule has 4 heteroatoms. The lowest BCUT2D eigenvalue weighted by Crippen LogP contribution is -2.02. The van der Waals surface area contributed by atoms with Crippen LogP contribution in [0.5, 0.6) is 0 Å². The third kappa shape index (κ3) is 5.58. The molecule has 0 saturated heterocycles. The molecule has 0 fully saturated rings. The second-order valence-electron chi connectivity index (χ2n) is 11.2. The molecule has 0 aliphatic heterocycles. The molecule has 0 atom stereocenters. The van der Waals surface area contributed by atoms with Crippen molar-refractivity contribution in [3.05, 3.63) is 163 Å². The Morgan fingerprint density at radius 2 is 1.20 bits per heavy atom. The van der Waals surface area contributed by atoms with Crippen LogP contribution in [0, 0.1) is 11.3 Å². The Morgan fingerprint density at radius 1 is 0.609 bits per heavy atom. The van der Waals surface area contributed by atoms with Gasteiger partial charge in [0.2, 0.25) is 0 Å². The molecule has 0 spiro atoms. The Bertz CT molecular complexity index is 2270. The molecule has 0 radical (unpaired) electrons. The lowest BCUT2D eigenvalue weighted by Gasteiger charge is -2.13. The minimum atomic E-state index is 0.590. The number of hydrogen-bond donors (Lipinski definition) is 0. The van der Waals surface area contributed by atoms with E-state index in [1.807, 2.05) is 85.8 Å². The first kappa shape index (κ1) is 28.6. The van der Waals surface area contributed by atoms with Gasteiger partial charge in [0, 0.05) is 16.7 Å². The second kappa shape index (κ2) is 12.4. The summed E-state index contributed by atoms with van der Waals surface area (Å²) in [6, 6.07) is 47.6. The van der Waals surface area contributed by atoms with Crippen molar-refractivity contribution in [1.29, 1.82) is 5.26 Å². The number of hydrogen-bond acceptors (Lipinski definition) is 4. The molecular formula is C42H30N4. The summed E-state index contributed by atoms with van der Waals surface area (Å²) in [5, 5.41) is 14.8. The first-order valence-corrected chi connectivity index (χ1v) is 15.3. The predicted molar refractivity (Wildman–Crippen MR) is 190 cm³/mol. The van der Waals surface area contributed by atoms with E-state index < -0.39 is 0 Å². The zero-order valence-corrected chi connectivity index (χ0v) is 25.6. The molecule has 0 aliphatic carbocycles. The second-order valence-corrected chi connectivity index (χ2v) is 11.2. The molecule has 1 aromatic heterocycles. The van der Waals surface area contributed by atoms with Gasteiger partial charge >= 0.3 is 0 Å². The fraction of sp³-hybridized carbons (Fsp3) is 0.0476. The lowest BCUT2D eigenvalue weighted by molar-refractivity contribution is 1.04. The van der Waals surface area contributed by atoms with Gasteiger partial charge in [-0.1, -0.05) is 115 Å². The van der Waals surface area contributed by atoms with Crippen LogP contribution in [0.4, 0.5) is 0 Å². The molecule has 0 aliphatic rings. The smallest absolute Gasteiger partial charge is 0.164 e. The van der Waals surface area contributed by atoms with Crippen LogP contribution in [0.25, 0.3) is 66.6 Å². The highest BCUT2D eigenvalue weighted by atomic mass is 15.0. The average Bonchev–Trinajstić information content (AvgIpc) is 3.13. The van der Waals surface area contributed by atoms with Crippen molar-refractivity contribution in [3.8, 4) is 40.0 Å². The van der Waals surface area contributed by atoms with Gasteiger partial charge in [0.25, 0.3) is 0 Å². The number of benzene rings is 6. The SMILES string of the molecule is C/C=C(\C=C(/C)c1cc(C#N)cc(-c2cc3ccccc3c3ccccc23)c1)c1nc(-c2ccccc2)nc(-c2ccccc2)n1. The number of nitriles is 1. The number of fused-ring (bicyclic) bond motifs is 3. The van der Waals surface area contributed by atoms with Crippen LogP contribution < -0.4 is 0 Å². The zero-order valence-electron chi connectivity index (χ0n) is 25.6. The van der Waals surface area contributed by atoms with Crippen LogP contribution in [0.2, 0.25) is 0 Å². The van der Waals surface area contributed by atoms with Crippen molar-refractivity contribution >= 4 is 32.7 Å². The molecule has 0 saturated carbocycles. The van der Waals surface area contributed by atoms with Crippen molar-refractivity contribution in [2.45, 2.75) is 13.8 Å². The summed E-state index contributed by atoms with van der Waals surface area (Å²) in [5.74, 6) is 1.82. The molecule has 6 aromatic carbocycles. The Kier molecular flexibility index (Phi) is 7.73. The van der Waals surface area contributed by atoms with E-state index in [-0.39, 0.29) is 0 Å². The minimum absolute atomic E-state index is 0.590. The van der Waals surface area contributed by atoms with Gasteiger partial charge in [0.1, 0.15) is 0 Å². The number of nitrogens with zero attached hydrogens (tertiary/aromatic N) is 4. The Morgan fingerprint density at radius 3 is 1.83 bits per heavy atom. The summed E-state index contributed by atoms with van der Waals surface area (Å²) >= 11 is 0. The van der Waals surface area contributed by atoms with Crippen LogP contribution in [0.3, 0.4) is 0 Å². The molecule has 46 heavy (non-hydrogen) atoms. The summed E-state index contributed by atoms with van der Waals surface area (Å²) in [4.78, 5) is 14.7. The largest absolute Gasteiger partial charge is 0.208 e. The first-order valence-electron chi connectivity index (χ1n) is 15.3. The Labute approximate surface area is 268 Å². The maximum absolute atomic E-state index is 10.1. The minimum Gasteiger partial charge on any atom is -0.208 e. The summed E-state index contributed by atoms with van der Waals surface area (Å²) in [7, 11) is 0. The molecule has 4 nitrogen and oxygen atoms in total. The molecule has 0 bridgehead atoms. The van der Waals surface area contributed by atoms with Crippen LogP contribution in [0.15, 0.2) is 146 Å². The molecule has 1 heterocycles. The lowest BCUT2D eigenvalue weighted by atomic mass is 9.90. The maximum atomic E-state index is 10.1. The number of allylic oxidation sites excluding steroid dienone is 4. The van der Waals surface area contributed by atoms with E-state index in [9.17, 15) is 5.26 Å². The fourth-order valence-electron chi connectivity index (χ4n) is 5.90. The van der Waals surface area contributed by atoms with Crippen molar-refractivity contribution in [3.63, 3.8) is 0 Å². The average molecular weight is 591 g/mol. The van der Waals surface area contributed by atoms with Gasteiger partial charge in [-0.05, 0) is 88.0 Å². The highest BCUT2D eigenvalue weighted by Gasteiger charge is 2.15. The molecule has 0 N–H and O–H groups in total. The highest BCUT2D eigenvalue weighted by molar-refractivity contribution is 6.13. The van der Waals surface area contributed by atoms with E-state index in [0.29, 0.717) is 23.0 Å². The van der Waals surface area contributed by atoms with Crippen molar-refractivity contribution in [1.82, 2.24) is 15.0 Å². The van der Waals surface area contributed by atoms with Gasteiger partial charge in [0.05, 0.1) is 11.6 Å². The highest BCUT2D eigenvalue weighted by Crippen LogP contribution is 2.37. The van der Waals surface area contributed by atoms with E-state index in [1.54, 1.807) is 0 Å². The molecule has 7 aromatic rings. The molecule has 0 amide bonds. The summed E-state index contributed by atoms with van der Waals surface area (Å²) in [5.41, 5.74) is 7.40. The van der Waals surface area contributed by atoms with Crippen molar-refractivity contribution < 1.29 is 0 Å². The van der Waals surface area contributed by atoms with Gasteiger partial charge in [0.15, 0.2) is 17.5 Å². The number of rotatable bonds is 6. The Hall–Kier alpha value is -6.18. The molecular weight excluding hydrogens is 560 g/mol. The predicted octanol–water partition coefficient (Wildman–Crippen LogP) is 10.6. The van der Waals surface area contributed by atoms with Gasteiger partial charge < -0.3 is 0 Å². The van der Waals surface area contributed by atoms with E-state index in [4.69, 9.17) is 15.0 Å². The van der Waals surface area contributed by atoms with Crippen LogP contribution in [0.1, 0.15) is 30.8 Å². The van der Waals surface area contributed by atoms with Crippen molar-refractivity contribution in [2.75, 3.05) is 0 Å². The topological polar surface area (TPSA) is 62.5 Å². The molecule has 218 valence electrons. The first-order chi connectivity index (χ1) is 22.6. The van der Waals surface area contributed by atoms with Crippen LogP contribution in [-0.2, 0) is 0 Å². The zero-order chi connectivity index (χ0) is 31.5. The van der Waals surface area contributed by atoms with Gasteiger partial charge in [-0.2, -0.15) is 5.26 Å². The molecule has 0 unspecified atom stereocenters. The van der Waals surface area contributed by atoms with Crippen LogP contribution in [-0.4, -0.2) is 15.0 Å². The van der Waals surface area contributed by atoms with E-state index in [1.165, 1.54) is 16.2 Å². The summed E-state index contributed by atoms with van der Waals surface area (Å²) in [6.45, 7) is 4.06.